The number of amides is 2. The van der Waals surface area contributed by atoms with Gasteiger partial charge >= 0.3 is 0 Å². The van der Waals surface area contributed by atoms with Gasteiger partial charge in [-0.2, -0.15) is 0 Å². The van der Waals surface area contributed by atoms with E-state index in [2.05, 4.69) is 16.4 Å². The Bertz CT molecular complexity index is 1020. The van der Waals surface area contributed by atoms with Crippen molar-refractivity contribution in [1.82, 2.24) is 15.2 Å². The molecule has 1 aliphatic heterocycles. The molecular weight excluding hydrogens is 386 g/mol. The third-order valence-electron chi connectivity index (χ3n) is 5.18. The molecule has 3 aromatic rings. The average molecular weight is 410 g/mol. The van der Waals surface area contributed by atoms with E-state index in [4.69, 9.17) is 4.74 Å². The van der Waals surface area contributed by atoms with Crippen LogP contribution in [0.3, 0.4) is 0 Å². The van der Waals surface area contributed by atoms with Gasteiger partial charge in [-0.1, -0.05) is 30.3 Å². The van der Waals surface area contributed by atoms with Gasteiger partial charge in [-0.3, -0.25) is 9.59 Å². The largest absolute Gasteiger partial charge is 0.497 e. The molecule has 1 fully saturated rings. The Morgan fingerprint density at radius 1 is 1.24 bits per heavy atom. The monoisotopic (exact) mass is 409 g/mol. The second kappa shape index (κ2) is 8.61. The zero-order valence-corrected chi connectivity index (χ0v) is 17.0. The molecule has 2 N–H and O–H groups in total. The van der Waals surface area contributed by atoms with Crippen LogP contribution < -0.4 is 10.1 Å². The molecule has 2 aromatic carbocycles. The molecule has 1 saturated heterocycles. The van der Waals surface area contributed by atoms with Crippen LogP contribution >= 0.6 is 11.8 Å². The van der Waals surface area contributed by atoms with Gasteiger partial charge in [0.2, 0.25) is 11.8 Å². The first kappa shape index (κ1) is 19.4. The summed E-state index contributed by atoms with van der Waals surface area (Å²) in [7, 11) is 1.64. The number of benzene rings is 2. The van der Waals surface area contributed by atoms with Crippen LogP contribution in [0.5, 0.6) is 5.75 Å². The Labute approximate surface area is 173 Å². The van der Waals surface area contributed by atoms with E-state index in [1.165, 1.54) is 11.8 Å². The van der Waals surface area contributed by atoms with E-state index >= 15 is 0 Å². The normalized spacial score (nSPS) is 14.9. The van der Waals surface area contributed by atoms with E-state index in [0.29, 0.717) is 18.2 Å². The molecule has 0 radical (unpaired) electrons. The van der Waals surface area contributed by atoms with E-state index < -0.39 is 0 Å². The summed E-state index contributed by atoms with van der Waals surface area (Å²) in [6.07, 6.45) is 2.01. The maximum Gasteiger partial charge on any atom is 0.239 e. The van der Waals surface area contributed by atoms with Crippen molar-refractivity contribution in [1.29, 1.82) is 0 Å². The van der Waals surface area contributed by atoms with Crippen LogP contribution in [0.25, 0.3) is 10.9 Å². The topological polar surface area (TPSA) is 74.4 Å². The van der Waals surface area contributed by atoms with E-state index in [0.717, 1.165) is 27.8 Å². The van der Waals surface area contributed by atoms with Gasteiger partial charge in [0.15, 0.2) is 0 Å². The number of ether oxygens (including phenoxy) is 1. The molecule has 0 spiro atoms. The van der Waals surface area contributed by atoms with E-state index in [-0.39, 0.29) is 24.3 Å². The highest BCUT2D eigenvalue weighted by Crippen LogP contribution is 2.31. The van der Waals surface area contributed by atoms with E-state index in [9.17, 15) is 9.59 Å². The van der Waals surface area contributed by atoms with E-state index in [1.54, 1.807) is 12.0 Å². The van der Waals surface area contributed by atoms with Gasteiger partial charge in [-0.15, -0.1) is 11.8 Å². The van der Waals surface area contributed by atoms with Crippen molar-refractivity contribution in [3.05, 3.63) is 65.9 Å². The molecule has 6 nitrogen and oxygen atoms in total. The molecule has 1 aromatic heterocycles. The van der Waals surface area contributed by atoms with Crippen LogP contribution in [0.2, 0.25) is 0 Å². The van der Waals surface area contributed by atoms with Crippen LogP contribution in [-0.2, 0) is 9.59 Å². The molecule has 0 aliphatic carbocycles. The van der Waals surface area contributed by atoms with Crippen LogP contribution in [0.1, 0.15) is 17.0 Å². The number of nitrogens with zero attached hydrogens (tertiary/aromatic N) is 1. The number of thioether (sulfide) groups is 1. The Morgan fingerprint density at radius 2 is 2.03 bits per heavy atom. The predicted octanol–water partition coefficient (Wildman–Crippen LogP) is 2.96. The summed E-state index contributed by atoms with van der Waals surface area (Å²) < 4.78 is 5.28. The summed E-state index contributed by atoms with van der Waals surface area (Å²) in [5.74, 6) is 1.69. The fourth-order valence-corrected chi connectivity index (χ4v) is 4.52. The summed E-state index contributed by atoms with van der Waals surface area (Å²) in [5, 5.41) is 4.16. The minimum atomic E-state index is -0.140. The van der Waals surface area contributed by atoms with Crippen LogP contribution in [-0.4, -0.2) is 53.5 Å². The van der Waals surface area contributed by atoms with Crippen molar-refractivity contribution in [2.24, 2.45) is 0 Å². The lowest BCUT2D eigenvalue weighted by atomic mass is 9.90. The maximum absolute atomic E-state index is 12.5. The second-order valence-corrected chi connectivity index (χ2v) is 7.94. The van der Waals surface area contributed by atoms with Crippen molar-refractivity contribution in [3.63, 3.8) is 0 Å². The molecule has 0 bridgehead atoms. The van der Waals surface area contributed by atoms with Crippen molar-refractivity contribution in [2.75, 3.05) is 31.8 Å². The number of fused-ring (bicyclic) bond motifs is 1. The first-order valence-corrected chi connectivity index (χ1v) is 10.6. The fourth-order valence-electron chi connectivity index (χ4n) is 3.61. The fraction of sp³-hybridized carbons (Fsp3) is 0.273. The molecule has 0 saturated carbocycles. The lowest BCUT2D eigenvalue weighted by Gasteiger charge is -2.20. The predicted molar refractivity (Wildman–Crippen MR) is 115 cm³/mol. The van der Waals surface area contributed by atoms with Crippen LogP contribution in [0.4, 0.5) is 0 Å². The van der Waals surface area contributed by atoms with E-state index in [1.807, 2.05) is 48.7 Å². The number of hydrogen-bond donors (Lipinski definition) is 2. The average Bonchev–Trinajstić information content (AvgIpc) is 3.35. The van der Waals surface area contributed by atoms with Crippen LogP contribution in [0.15, 0.2) is 54.7 Å². The molecule has 7 heteroatoms. The quantitative estimate of drug-likeness (QED) is 0.629. The van der Waals surface area contributed by atoms with Crippen LogP contribution in [0, 0.1) is 0 Å². The molecular formula is C22H23N3O3S. The summed E-state index contributed by atoms with van der Waals surface area (Å²) in [6.45, 7) is 0.553. The third kappa shape index (κ3) is 4.24. The van der Waals surface area contributed by atoms with Gasteiger partial charge < -0.3 is 19.9 Å². The second-order valence-electron chi connectivity index (χ2n) is 6.99. The van der Waals surface area contributed by atoms with Crippen molar-refractivity contribution in [2.45, 2.75) is 5.92 Å². The highest BCUT2D eigenvalue weighted by atomic mass is 32.2. The third-order valence-corrected chi connectivity index (χ3v) is 6.12. The van der Waals surface area contributed by atoms with Gasteiger partial charge in [0, 0.05) is 29.6 Å². The highest BCUT2D eigenvalue weighted by molar-refractivity contribution is 8.00. The van der Waals surface area contributed by atoms with Gasteiger partial charge in [-0.05, 0) is 29.3 Å². The molecule has 1 atom stereocenters. The molecule has 150 valence electrons. The highest BCUT2D eigenvalue weighted by Gasteiger charge is 2.24. The van der Waals surface area contributed by atoms with Gasteiger partial charge in [0.05, 0.1) is 18.7 Å². The lowest BCUT2D eigenvalue weighted by Crippen LogP contribution is -2.39. The number of rotatable bonds is 7. The maximum atomic E-state index is 12.5. The van der Waals surface area contributed by atoms with Gasteiger partial charge in [-0.25, -0.2) is 0 Å². The smallest absolute Gasteiger partial charge is 0.239 e. The Morgan fingerprint density at radius 3 is 2.76 bits per heavy atom. The first-order chi connectivity index (χ1) is 14.2. The number of aromatic amines is 1. The minimum Gasteiger partial charge on any atom is -0.497 e. The zero-order valence-electron chi connectivity index (χ0n) is 16.2. The molecule has 1 unspecified atom stereocenters. The van der Waals surface area contributed by atoms with Gasteiger partial charge in [0.25, 0.3) is 0 Å². The number of carbonyl (C=O) groups is 2. The number of carbonyl (C=O) groups excluding carboxylic acids is 2. The number of nitrogens with one attached hydrogen (secondary N) is 2. The number of methoxy groups -OCH3 is 1. The zero-order chi connectivity index (χ0) is 20.2. The molecule has 4 rings (SSSR count). The molecule has 2 amide bonds. The Hall–Kier alpha value is -2.93. The molecule has 1 aliphatic rings. The summed E-state index contributed by atoms with van der Waals surface area (Å²) in [4.78, 5) is 29.2. The Balaban J connectivity index is 1.56. The van der Waals surface area contributed by atoms with Crippen molar-refractivity contribution >= 4 is 34.5 Å². The standard InChI is InChI=1S/C22H23N3O3S/c1-28-16-8-6-15(7-9-16)18(19-11-23-20-5-3-2-4-17(19)20)10-24-21(26)12-25-14-29-13-22(25)27/h2-9,11,18,23H,10,12-14H2,1H3,(H,24,26). The summed E-state index contributed by atoms with van der Waals surface area (Å²) >= 11 is 1.54. The number of hydrogen-bond acceptors (Lipinski definition) is 4. The minimum absolute atomic E-state index is 0.0217. The first-order valence-electron chi connectivity index (χ1n) is 9.48. The van der Waals surface area contributed by atoms with Crippen molar-refractivity contribution < 1.29 is 14.3 Å². The lowest BCUT2D eigenvalue weighted by molar-refractivity contribution is -0.132. The van der Waals surface area contributed by atoms with Gasteiger partial charge in [0.1, 0.15) is 12.3 Å². The SMILES string of the molecule is COc1ccc(C(CNC(=O)CN2CSCC2=O)c2c[nH]c3ccccc23)cc1. The Kier molecular flexibility index (Phi) is 5.76. The summed E-state index contributed by atoms with van der Waals surface area (Å²) in [6, 6.07) is 16.0. The summed E-state index contributed by atoms with van der Waals surface area (Å²) in [5.41, 5.74) is 3.27. The molecule has 29 heavy (non-hydrogen) atoms. The van der Waals surface area contributed by atoms with Crippen molar-refractivity contribution in [3.8, 4) is 5.75 Å². The number of para-hydroxylation sites is 1. The number of aromatic nitrogens is 1. The molecule has 2 heterocycles. The number of H-pyrrole nitrogens is 1.